The number of ether oxygens (including phenoxy) is 3. The number of rotatable bonds is 5. The van der Waals surface area contributed by atoms with Gasteiger partial charge in [0.15, 0.2) is 28.8 Å². The molecule has 3 atom stereocenters. The van der Waals surface area contributed by atoms with Gasteiger partial charge in [0.2, 0.25) is 11.9 Å². The van der Waals surface area contributed by atoms with Gasteiger partial charge in [0, 0.05) is 18.7 Å². The molecule has 1 aromatic carbocycles. The average molecular weight is 472 g/mol. The third kappa shape index (κ3) is 3.88. The topological polar surface area (TPSA) is 163 Å². The van der Waals surface area contributed by atoms with Gasteiger partial charge in [0.25, 0.3) is 5.91 Å². The summed E-state index contributed by atoms with van der Waals surface area (Å²) in [5, 5.41) is 17.4. The van der Waals surface area contributed by atoms with Crippen LogP contribution in [-0.4, -0.2) is 60.5 Å². The molecule has 0 fully saturated rings. The largest absolute Gasteiger partial charge is 0.493 e. The monoisotopic (exact) mass is 472 g/mol. The van der Waals surface area contributed by atoms with Crippen molar-refractivity contribution in [3.05, 3.63) is 40.8 Å². The fourth-order valence-corrected chi connectivity index (χ4v) is 3.77. The molecule has 1 amide bonds. The maximum atomic E-state index is 12.8. The highest BCUT2D eigenvalue weighted by Gasteiger charge is 2.55. The summed E-state index contributed by atoms with van der Waals surface area (Å²) in [4.78, 5) is 54.2. The summed E-state index contributed by atoms with van der Waals surface area (Å²) >= 11 is 0. The second kappa shape index (κ2) is 8.63. The first kappa shape index (κ1) is 23.0. The molecule has 0 saturated carbocycles. The summed E-state index contributed by atoms with van der Waals surface area (Å²) in [7, 11) is 2.82. The first-order valence-electron chi connectivity index (χ1n) is 10.0. The molecule has 4 rings (SSSR count). The molecule has 0 saturated heterocycles. The minimum Gasteiger partial charge on any atom is -0.493 e. The van der Waals surface area contributed by atoms with Crippen molar-refractivity contribution in [2.24, 2.45) is 5.16 Å². The van der Waals surface area contributed by atoms with Crippen LogP contribution >= 0.6 is 0 Å². The molecule has 34 heavy (non-hydrogen) atoms. The summed E-state index contributed by atoms with van der Waals surface area (Å²) < 4.78 is 20.8. The maximum absolute atomic E-state index is 12.8. The van der Waals surface area contributed by atoms with Gasteiger partial charge in [-0.1, -0.05) is 5.16 Å². The Morgan fingerprint density at radius 2 is 2.00 bits per heavy atom. The molecule has 2 aromatic rings. The van der Waals surface area contributed by atoms with Gasteiger partial charge in [-0.05, 0) is 30.4 Å². The molecule has 1 aliphatic heterocycles. The van der Waals surface area contributed by atoms with Gasteiger partial charge in [-0.3, -0.25) is 14.4 Å². The van der Waals surface area contributed by atoms with Crippen molar-refractivity contribution >= 4 is 40.0 Å². The molecule has 2 N–H and O–H groups in total. The van der Waals surface area contributed by atoms with Gasteiger partial charge < -0.3 is 33.9 Å². The van der Waals surface area contributed by atoms with Gasteiger partial charge in [-0.2, -0.15) is 0 Å². The number of hydrogen-bond acceptors (Lipinski definition) is 11. The van der Waals surface area contributed by atoms with Crippen LogP contribution < -0.4 is 20.4 Å². The van der Waals surface area contributed by atoms with Crippen LogP contribution in [0.1, 0.15) is 13.3 Å². The van der Waals surface area contributed by atoms with Crippen LogP contribution in [0.15, 0.2) is 44.7 Å². The van der Waals surface area contributed by atoms with Crippen molar-refractivity contribution in [1.29, 1.82) is 0 Å². The molecule has 12 nitrogen and oxygen atoms in total. The number of amides is 1. The van der Waals surface area contributed by atoms with Crippen LogP contribution in [-0.2, 0) is 24.0 Å². The SMILES string of the molecule is COc1ccc2cc(NC(=O)C3=NOC4C(OC(C)=O)C=CC(=O)C4(O)C3)c(=O)oc2c1OC. The number of benzene rings is 1. The Morgan fingerprint density at radius 1 is 1.24 bits per heavy atom. The number of nitrogens with zero attached hydrogens (tertiary/aromatic N) is 1. The second-order valence-corrected chi connectivity index (χ2v) is 7.58. The number of aliphatic hydroxyl groups is 1. The number of hydrogen-bond donors (Lipinski definition) is 2. The molecular formula is C22H20N2O10. The van der Waals surface area contributed by atoms with Crippen molar-refractivity contribution in [3.8, 4) is 11.5 Å². The molecule has 178 valence electrons. The van der Waals surface area contributed by atoms with E-state index in [4.69, 9.17) is 23.5 Å². The molecular weight excluding hydrogens is 452 g/mol. The van der Waals surface area contributed by atoms with Crippen molar-refractivity contribution in [2.75, 3.05) is 19.5 Å². The molecule has 3 unspecified atom stereocenters. The quantitative estimate of drug-likeness (QED) is 0.468. The predicted octanol–water partition coefficient (Wildman–Crippen LogP) is 0.695. The van der Waals surface area contributed by atoms with Crippen LogP contribution in [0.4, 0.5) is 5.69 Å². The van der Waals surface area contributed by atoms with Gasteiger partial charge >= 0.3 is 11.6 Å². The van der Waals surface area contributed by atoms with Crippen molar-refractivity contribution in [2.45, 2.75) is 31.2 Å². The number of fused-ring (bicyclic) bond motifs is 2. The summed E-state index contributed by atoms with van der Waals surface area (Å²) in [6.07, 6.45) is -0.623. The van der Waals surface area contributed by atoms with Gasteiger partial charge in [-0.15, -0.1) is 0 Å². The predicted molar refractivity (Wildman–Crippen MR) is 116 cm³/mol. The molecule has 0 bridgehead atoms. The maximum Gasteiger partial charge on any atom is 0.360 e. The van der Waals surface area contributed by atoms with Gasteiger partial charge in [0.1, 0.15) is 11.4 Å². The number of esters is 1. The molecule has 2 heterocycles. The zero-order valence-corrected chi connectivity index (χ0v) is 18.3. The van der Waals surface area contributed by atoms with E-state index in [2.05, 4.69) is 10.5 Å². The number of anilines is 1. The lowest BCUT2D eigenvalue weighted by Gasteiger charge is -2.40. The van der Waals surface area contributed by atoms with Crippen molar-refractivity contribution in [1.82, 2.24) is 0 Å². The minimum absolute atomic E-state index is 0.122. The van der Waals surface area contributed by atoms with E-state index in [9.17, 15) is 24.3 Å². The molecule has 0 spiro atoms. The van der Waals surface area contributed by atoms with Gasteiger partial charge in [-0.25, -0.2) is 4.79 Å². The Labute approximate surface area is 191 Å². The van der Waals surface area contributed by atoms with Crippen LogP contribution in [0.2, 0.25) is 0 Å². The number of carbonyl (C=O) groups is 3. The fourth-order valence-electron chi connectivity index (χ4n) is 3.77. The lowest BCUT2D eigenvalue weighted by molar-refractivity contribution is -0.183. The zero-order valence-electron chi connectivity index (χ0n) is 18.3. The Balaban J connectivity index is 1.61. The molecule has 1 aromatic heterocycles. The summed E-state index contributed by atoms with van der Waals surface area (Å²) in [5.41, 5.74) is -3.52. The Bertz CT molecular complexity index is 1310. The first-order chi connectivity index (χ1) is 16.2. The van der Waals surface area contributed by atoms with E-state index >= 15 is 0 Å². The zero-order chi connectivity index (χ0) is 24.6. The van der Waals surface area contributed by atoms with Crippen LogP contribution in [0, 0.1) is 0 Å². The molecule has 0 radical (unpaired) electrons. The normalized spacial score (nSPS) is 23.4. The Morgan fingerprint density at radius 3 is 2.68 bits per heavy atom. The van der Waals surface area contributed by atoms with Crippen molar-refractivity contribution < 1.29 is 43.0 Å². The third-order valence-corrected chi connectivity index (χ3v) is 5.40. The molecule has 2 aliphatic rings. The summed E-state index contributed by atoms with van der Waals surface area (Å²) in [5.74, 6) is -1.73. The second-order valence-electron chi connectivity index (χ2n) is 7.58. The minimum atomic E-state index is -2.19. The number of carbonyl (C=O) groups excluding carboxylic acids is 3. The highest BCUT2D eigenvalue weighted by molar-refractivity contribution is 6.43. The number of methoxy groups -OCH3 is 2. The van der Waals surface area contributed by atoms with Gasteiger partial charge in [0.05, 0.1) is 14.2 Å². The molecule has 1 aliphatic carbocycles. The van der Waals surface area contributed by atoms with E-state index in [0.29, 0.717) is 11.1 Å². The van der Waals surface area contributed by atoms with Crippen LogP contribution in [0.25, 0.3) is 11.0 Å². The lowest BCUT2D eigenvalue weighted by atomic mass is 9.79. The first-order valence-corrected chi connectivity index (χ1v) is 10.0. The lowest BCUT2D eigenvalue weighted by Crippen LogP contribution is -2.61. The van der Waals surface area contributed by atoms with E-state index in [1.165, 1.54) is 26.4 Å². The standard InChI is InChI=1S/C22H20N2O10/c1-10(25)32-15-6-7-16(26)22(29)9-13(24-34-19(15)22)20(27)23-12-8-11-4-5-14(30-2)18(31-3)17(11)33-21(12)28/h4-8,15,19,29H,9H2,1-3H3,(H,23,27). The smallest absolute Gasteiger partial charge is 0.360 e. The summed E-state index contributed by atoms with van der Waals surface area (Å²) in [6.45, 7) is 1.16. The van der Waals surface area contributed by atoms with E-state index in [1.807, 2.05) is 0 Å². The number of nitrogens with one attached hydrogen (secondary N) is 1. The van der Waals surface area contributed by atoms with E-state index in [-0.39, 0.29) is 22.7 Å². The highest BCUT2D eigenvalue weighted by Crippen LogP contribution is 2.36. The van der Waals surface area contributed by atoms with Crippen LogP contribution in [0.5, 0.6) is 11.5 Å². The van der Waals surface area contributed by atoms with E-state index < -0.39 is 47.5 Å². The fraction of sp³-hybridized carbons (Fsp3) is 0.318. The Hall–Kier alpha value is -4.19. The summed E-state index contributed by atoms with van der Waals surface area (Å²) in [6, 6.07) is 4.57. The third-order valence-electron chi connectivity index (χ3n) is 5.40. The van der Waals surface area contributed by atoms with E-state index in [1.54, 1.807) is 12.1 Å². The van der Waals surface area contributed by atoms with Crippen molar-refractivity contribution in [3.63, 3.8) is 0 Å². The van der Waals surface area contributed by atoms with Crippen LogP contribution in [0.3, 0.4) is 0 Å². The number of oxime groups is 1. The Kier molecular flexibility index (Phi) is 5.83. The van der Waals surface area contributed by atoms with E-state index in [0.717, 1.165) is 13.0 Å². The molecule has 12 heteroatoms. The highest BCUT2D eigenvalue weighted by atomic mass is 16.7. The number of ketones is 1. The average Bonchev–Trinajstić information content (AvgIpc) is 2.80.